The van der Waals surface area contributed by atoms with Crippen LogP contribution in [0.1, 0.15) is 6.92 Å². The Labute approximate surface area is 137 Å². The number of carbonyl (C=O) groups is 2. The molecule has 1 aliphatic heterocycles. The third kappa shape index (κ3) is 3.66. The lowest BCUT2D eigenvalue weighted by molar-refractivity contribution is -0.129. The SMILES string of the molecule is COc1ccc(Cl)c(NC(=O)CN2C(=O)C(C)SC2=S)c1. The second kappa shape index (κ2) is 6.64. The second-order valence-corrected chi connectivity index (χ2v) is 6.73. The van der Waals surface area contributed by atoms with Crippen molar-refractivity contribution in [2.24, 2.45) is 0 Å². The van der Waals surface area contributed by atoms with Gasteiger partial charge in [-0.3, -0.25) is 14.5 Å². The van der Waals surface area contributed by atoms with Crippen LogP contribution in [0.4, 0.5) is 5.69 Å². The van der Waals surface area contributed by atoms with Gasteiger partial charge in [0.25, 0.3) is 0 Å². The molecule has 0 spiro atoms. The topological polar surface area (TPSA) is 58.6 Å². The summed E-state index contributed by atoms with van der Waals surface area (Å²) < 4.78 is 5.49. The summed E-state index contributed by atoms with van der Waals surface area (Å²) in [5, 5.41) is 2.80. The van der Waals surface area contributed by atoms with Gasteiger partial charge >= 0.3 is 0 Å². The molecule has 1 unspecified atom stereocenters. The fourth-order valence-corrected chi connectivity index (χ4v) is 3.34. The van der Waals surface area contributed by atoms with E-state index >= 15 is 0 Å². The minimum Gasteiger partial charge on any atom is -0.497 e. The van der Waals surface area contributed by atoms with E-state index in [1.165, 1.54) is 23.8 Å². The van der Waals surface area contributed by atoms with Crippen molar-refractivity contribution in [2.75, 3.05) is 19.0 Å². The van der Waals surface area contributed by atoms with Gasteiger partial charge in [0.2, 0.25) is 11.8 Å². The Morgan fingerprint density at radius 3 is 2.86 bits per heavy atom. The molecule has 5 nitrogen and oxygen atoms in total. The first kappa shape index (κ1) is 16.1. The Hall–Kier alpha value is -1.31. The van der Waals surface area contributed by atoms with Crippen molar-refractivity contribution in [1.29, 1.82) is 0 Å². The van der Waals surface area contributed by atoms with E-state index in [1.807, 2.05) is 0 Å². The van der Waals surface area contributed by atoms with Gasteiger partial charge in [-0.1, -0.05) is 35.6 Å². The number of thiocarbonyl (C=S) groups is 1. The number of nitrogens with one attached hydrogen (secondary N) is 1. The predicted octanol–water partition coefficient (Wildman–Crippen LogP) is 2.54. The standard InChI is InChI=1S/C13H13ClN2O3S2/c1-7-12(18)16(13(20)21-7)6-11(17)15-10-5-8(19-2)3-4-9(10)14/h3-5,7H,6H2,1-2H3,(H,15,17). The molecule has 0 radical (unpaired) electrons. The lowest BCUT2D eigenvalue weighted by atomic mass is 10.3. The average Bonchev–Trinajstić information content (AvgIpc) is 2.68. The molecule has 0 aromatic heterocycles. The first-order valence-corrected chi connectivity index (χ1v) is 7.74. The highest BCUT2D eigenvalue weighted by Crippen LogP contribution is 2.28. The van der Waals surface area contributed by atoms with E-state index < -0.39 is 0 Å². The van der Waals surface area contributed by atoms with Gasteiger partial charge in [-0.05, 0) is 19.1 Å². The summed E-state index contributed by atoms with van der Waals surface area (Å²) in [6.07, 6.45) is 0. The highest BCUT2D eigenvalue weighted by molar-refractivity contribution is 8.24. The molecule has 8 heteroatoms. The highest BCUT2D eigenvalue weighted by Gasteiger charge is 2.34. The number of hydrogen-bond acceptors (Lipinski definition) is 5. The Kier molecular flexibility index (Phi) is 5.08. The van der Waals surface area contributed by atoms with Gasteiger partial charge in [-0.2, -0.15) is 0 Å². The molecule has 1 aliphatic rings. The van der Waals surface area contributed by atoms with Crippen molar-refractivity contribution in [3.05, 3.63) is 23.2 Å². The predicted molar refractivity (Wildman–Crippen MR) is 88.0 cm³/mol. The molecule has 1 atom stereocenters. The molecule has 21 heavy (non-hydrogen) atoms. The van der Waals surface area contributed by atoms with E-state index in [0.717, 1.165) is 0 Å². The van der Waals surface area contributed by atoms with Crippen LogP contribution in [-0.4, -0.2) is 39.9 Å². The molecular formula is C13H13ClN2O3S2. The summed E-state index contributed by atoms with van der Waals surface area (Å²) in [6.45, 7) is 1.64. The largest absolute Gasteiger partial charge is 0.497 e. The first-order chi connectivity index (χ1) is 9.92. The summed E-state index contributed by atoms with van der Waals surface area (Å²) in [5.41, 5.74) is 0.430. The van der Waals surface area contributed by atoms with Crippen molar-refractivity contribution < 1.29 is 14.3 Å². The summed E-state index contributed by atoms with van der Waals surface area (Å²) >= 11 is 12.4. The molecule has 1 saturated heterocycles. The second-order valence-electron chi connectivity index (χ2n) is 4.34. The number of anilines is 1. The van der Waals surface area contributed by atoms with Crippen molar-refractivity contribution in [3.63, 3.8) is 0 Å². The van der Waals surface area contributed by atoms with Crippen LogP contribution in [0.3, 0.4) is 0 Å². The number of benzene rings is 1. The molecular weight excluding hydrogens is 332 g/mol. The van der Waals surface area contributed by atoms with Gasteiger partial charge in [0.05, 0.1) is 23.1 Å². The van der Waals surface area contributed by atoms with Crippen molar-refractivity contribution >= 4 is 57.4 Å². The number of carbonyl (C=O) groups excluding carboxylic acids is 2. The highest BCUT2D eigenvalue weighted by atomic mass is 35.5. The van der Waals surface area contributed by atoms with Crippen LogP contribution >= 0.6 is 35.6 Å². The van der Waals surface area contributed by atoms with E-state index in [-0.39, 0.29) is 23.6 Å². The lowest BCUT2D eigenvalue weighted by Gasteiger charge is -2.15. The minimum atomic E-state index is -0.365. The van der Waals surface area contributed by atoms with Crippen molar-refractivity contribution in [2.45, 2.75) is 12.2 Å². The minimum absolute atomic E-state index is 0.122. The molecule has 0 bridgehead atoms. The normalized spacial score (nSPS) is 18.0. The molecule has 1 aromatic rings. The Morgan fingerprint density at radius 1 is 1.57 bits per heavy atom. The molecule has 1 aromatic carbocycles. The zero-order chi connectivity index (χ0) is 15.6. The van der Waals surface area contributed by atoms with E-state index in [9.17, 15) is 9.59 Å². The van der Waals surface area contributed by atoms with Gasteiger partial charge < -0.3 is 10.1 Å². The average molecular weight is 345 g/mol. The zero-order valence-corrected chi connectivity index (χ0v) is 13.8. The number of ether oxygens (including phenoxy) is 1. The number of rotatable bonds is 4. The molecule has 0 aliphatic carbocycles. The van der Waals surface area contributed by atoms with E-state index in [0.29, 0.717) is 20.8 Å². The summed E-state index contributed by atoms with van der Waals surface area (Å²) in [5.74, 6) is 0.0547. The maximum atomic E-state index is 12.0. The monoisotopic (exact) mass is 344 g/mol. The maximum Gasteiger partial charge on any atom is 0.244 e. The summed E-state index contributed by atoms with van der Waals surface area (Å²) in [7, 11) is 1.52. The van der Waals surface area contributed by atoms with Crippen LogP contribution in [0.25, 0.3) is 0 Å². The zero-order valence-electron chi connectivity index (χ0n) is 11.4. The van der Waals surface area contributed by atoms with Crippen molar-refractivity contribution in [3.8, 4) is 5.75 Å². The van der Waals surface area contributed by atoms with Gasteiger partial charge in [0, 0.05) is 6.07 Å². The quantitative estimate of drug-likeness (QED) is 0.851. The number of methoxy groups -OCH3 is 1. The van der Waals surface area contributed by atoms with Gasteiger partial charge in [-0.25, -0.2) is 0 Å². The number of halogens is 1. The molecule has 2 rings (SSSR count). The number of amides is 2. The molecule has 0 saturated carbocycles. The summed E-state index contributed by atoms with van der Waals surface area (Å²) in [4.78, 5) is 25.2. The van der Waals surface area contributed by atoms with Crippen LogP contribution in [0.15, 0.2) is 18.2 Å². The van der Waals surface area contributed by atoms with Crippen LogP contribution < -0.4 is 10.1 Å². The Balaban J connectivity index is 2.05. The van der Waals surface area contributed by atoms with Crippen molar-refractivity contribution in [1.82, 2.24) is 4.90 Å². The maximum absolute atomic E-state index is 12.0. The third-order valence-corrected chi connectivity index (χ3v) is 4.68. The third-order valence-electron chi connectivity index (χ3n) is 2.86. The van der Waals surface area contributed by atoms with Crippen LogP contribution in [-0.2, 0) is 9.59 Å². The molecule has 1 N–H and O–H groups in total. The fraction of sp³-hybridized carbons (Fsp3) is 0.308. The fourth-order valence-electron chi connectivity index (χ4n) is 1.78. The first-order valence-electron chi connectivity index (χ1n) is 6.07. The van der Waals surface area contributed by atoms with Gasteiger partial charge in [-0.15, -0.1) is 0 Å². The molecule has 2 amide bonds. The Morgan fingerprint density at radius 2 is 2.29 bits per heavy atom. The van der Waals surface area contributed by atoms with E-state index in [4.69, 9.17) is 28.6 Å². The summed E-state index contributed by atoms with van der Waals surface area (Å²) in [6, 6.07) is 4.93. The van der Waals surface area contributed by atoms with E-state index in [1.54, 1.807) is 25.1 Å². The molecule has 1 fully saturated rings. The lowest BCUT2D eigenvalue weighted by Crippen LogP contribution is -2.37. The van der Waals surface area contributed by atoms with Gasteiger partial charge in [0.15, 0.2) is 0 Å². The number of hydrogen-bond donors (Lipinski definition) is 1. The number of thioether (sulfide) groups is 1. The van der Waals surface area contributed by atoms with Crippen LogP contribution in [0.5, 0.6) is 5.75 Å². The Bertz CT molecular complexity index is 609. The van der Waals surface area contributed by atoms with Crippen LogP contribution in [0, 0.1) is 0 Å². The van der Waals surface area contributed by atoms with Crippen LogP contribution in [0.2, 0.25) is 5.02 Å². The van der Waals surface area contributed by atoms with E-state index in [2.05, 4.69) is 5.32 Å². The molecule has 112 valence electrons. The van der Waals surface area contributed by atoms with Gasteiger partial charge in [0.1, 0.15) is 16.6 Å². The number of nitrogens with zero attached hydrogens (tertiary/aromatic N) is 1. The smallest absolute Gasteiger partial charge is 0.244 e. The molecule has 1 heterocycles.